The van der Waals surface area contributed by atoms with Gasteiger partial charge >= 0.3 is 0 Å². The van der Waals surface area contributed by atoms with E-state index in [0.717, 1.165) is 13.1 Å². The van der Waals surface area contributed by atoms with Crippen LogP contribution in [0.15, 0.2) is 42.5 Å². The molecule has 90 valence electrons. The predicted octanol–water partition coefficient (Wildman–Crippen LogP) is 3.94. The van der Waals surface area contributed by atoms with Crippen LogP contribution in [0, 0.1) is 0 Å². The molecular formula is C16H21N. The topological polar surface area (TPSA) is 12.0 Å². The van der Waals surface area contributed by atoms with Crippen molar-refractivity contribution in [3.05, 3.63) is 48.0 Å². The van der Waals surface area contributed by atoms with Gasteiger partial charge in [-0.25, -0.2) is 0 Å². The quantitative estimate of drug-likeness (QED) is 0.763. The van der Waals surface area contributed by atoms with E-state index in [2.05, 4.69) is 61.6 Å². The van der Waals surface area contributed by atoms with Crippen molar-refractivity contribution in [3.8, 4) is 0 Å². The Morgan fingerprint density at radius 2 is 1.82 bits per heavy atom. The largest absolute Gasteiger partial charge is 0.317 e. The maximum Gasteiger partial charge on any atom is -0.00433 e. The molecule has 17 heavy (non-hydrogen) atoms. The number of nitrogens with one attached hydrogen (secondary N) is 1. The van der Waals surface area contributed by atoms with Crippen LogP contribution >= 0.6 is 0 Å². The van der Waals surface area contributed by atoms with Crippen molar-refractivity contribution in [1.29, 1.82) is 0 Å². The first-order chi connectivity index (χ1) is 8.31. The maximum absolute atomic E-state index is 3.39. The molecule has 0 radical (unpaired) electrons. The van der Waals surface area contributed by atoms with Gasteiger partial charge in [0.2, 0.25) is 0 Å². The highest BCUT2D eigenvalue weighted by Crippen LogP contribution is 2.23. The van der Waals surface area contributed by atoms with Gasteiger partial charge in [-0.05, 0) is 41.8 Å². The van der Waals surface area contributed by atoms with Crippen LogP contribution in [0.2, 0.25) is 0 Å². The summed E-state index contributed by atoms with van der Waals surface area (Å²) in [7, 11) is 0. The number of hydrogen-bond donors (Lipinski definition) is 1. The average Bonchev–Trinajstić information content (AvgIpc) is 2.38. The minimum atomic E-state index is 0.624. The van der Waals surface area contributed by atoms with Gasteiger partial charge in [-0.1, -0.05) is 56.3 Å². The smallest absolute Gasteiger partial charge is 0.00433 e. The third kappa shape index (κ3) is 3.07. The highest BCUT2D eigenvalue weighted by atomic mass is 14.8. The van der Waals surface area contributed by atoms with E-state index in [-0.39, 0.29) is 0 Å². The first kappa shape index (κ1) is 12.1. The van der Waals surface area contributed by atoms with Crippen LogP contribution < -0.4 is 5.32 Å². The molecule has 0 aliphatic carbocycles. The second kappa shape index (κ2) is 5.83. The number of hydrogen-bond acceptors (Lipinski definition) is 1. The van der Waals surface area contributed by atoms with E-state index in [1.807, 2.05) is 0 Å². The van der Waals surface area contributed by atoms with Gasteiger partial charge in [-0.3, -0.25) is 0 Å². The van der Waals surface area contributed by atoms with E-state index >= 15 is 0 Å². The summed E-state index contributed by atoms with van der Waals surface area (Å²) >= 11 is 0. The monoisotopic (exact) mass is 227 g/mol. The van der Waals surface area contributed by atoms with E-state index < -0.39 is 0 Å². The first-order valence-electron chi connectivity index (χ1n) is 6.50. The van der Waals surface area contributed by atoms with Crippen LogP contribution in [0.1, 0.15) is 31.7 Å². The van der Waals surface area contributed by atoms with E-state index in [9.17, 15) is 0 Å². The van der Waals surface area contributed by atoms with Gasteiger partial charge in [-0.15, -0.1) is 0 Å². The standard InChI is InChI=1S/C16H21N/c1-3-17-11-10-13(2)15-9-8-14-6-4-5-7-16(14)12-15/h4-9,12-13,17H,3,10-11H2,1-2H3. The molecule has 2 rings (SSSR count). The molecule has 0 aromatic heterocycles. The fourth-order valence-corrected chi connectivity index (χ4v) is 2.18. The lowest BCUT2D eigenvalue weighted by molar-refractivity contribution is 0.609. The van der Waals surface area contributed by atoms with Crippen LogP contribution in [-0.2, 0) is 0 Å². The van der Waals surface area contributed by atoms with Crippen molar-refractivity contribution >= 4 is 10.8 Å². The van der Waals surface area contributed by atoms with Gasteiger partial charge in [0.15, 0.2) is 0 Å². The fraction of sp³-hybridized carbons (Fsp3) is 0.375. The molecule has 1 atom stereocenters. The van der Waals surface area contributed by atoms with Crippen LogP contribution in [-0.4, -0.2) is 13.1 Å². The van der Waals surface area contributed by atoms with Crippen LogP contribution in [0.3, 0.4) is 0 Å². The predicted molar refractivity (Wildman–Crippen MR) is 75.5 cm³/mol. The minimum Gasteiger partial charge on any atom is -0.317 e. The Hall–Kier alpha value is -1.34. The van der Waals surface area contributed by atoms with Gasteiger partial charge in [0.25, 0.3) is 0 Å². The molecule has 0 spiro atoms. The van der Waals surface area contributed by atoms with E-state index in [1.54, 1.807) is 0 Å². The van der Waals surface area contributed by atoms with Crippen molar-refractivity contribution in [3.63, 3.8) is 0 Å². The second-order valence-electron chi connectivity index (χ2n) is 4.65. The van der Waals surface area contributed by atoms with Crippen LogP contribution in [0.5, 0.6) is 0 Å². The third-order valence-corrected chi connectivity index (χ3v) is 3.35. The van der Waals surface area contributed by atoms with Gasteiger partial charge in [0.1, 0.15) is 0 Å². The minimum absolute atomic E-state index is 0.624. The molecule has 1 nitrogen and oxygen atoms in total. The zero-order valence-electron chi connectivity index (χ0n) is 10.7. The van der Waals surface area contributed by atoms with E-state index in [1.165, 1.54) is 22.8 Å². The Kier molecular flexibility index (Phi) is 4.16. The Morgan fingerprint density at radius 1 is 1.06 bits per heavy atom. The highest BCUT2D eigenvalue weighted by molar-refractivity contribution is 5.83. The fourth-order valence-electron chi connectivity index (χ4n) is 2.18. The summed E-state index contributed by atoms with van der Waals surface area (Å²) in [4.78, 5) is 0. The first-order valence-corrected chi connectivity index (χ1v) is 6.50. The molecule has 0 saturated heterocycles. The maximum atomic E-state index is 3.39. The molecule has 2 aromatic rings. The molecule has 0 amide bonds. The molecular weight excluding hydrogens is 206 g/mol. The summed E-state index contributed by atoms with van der Waals surface area (Å²) in [6, 6.07) is 15.4. The molecule has 1 heteroatoms. The van der Waals surface area contributed by atoms with Gasteiger partial charge < -0.3 is 5.32 Å². The average molecular weight is 227 g/mol. The molecule has 0 heterocycles. The molecule has 0 saturated carbocycles. The molecule has 0 aliphatic heterocycles. The van der Waals surface area contributed by atoms with Crippen LogP contribution in [0.25, 0.3) is 10.8 Å². The third-order valence-electron chi connectivity index (χ3n) is 3.35. The van der Waals surface area contributed by atoms with Crippen LogP contribution in [0.4, 0.5) is 0 Å². The normalized spacial score (nSPS) is 12.8. The van der Waals surface area contributed by atoms with E-state index in [0.29, 0.717) is 5.92 Å². The molecule has 0 aliphatic rings. The van der Waals surface area contributed by atoms with Crippen molar-refractivity contribution in [2.75, 3.05) is 13.1 Å². The Bertz CT molecular complexity index is 476. The second-order valence-corrected chi connectivity index (χ2v) is 4.65. The summed E-state index contributed by atoms with van der Waals surface area (Å²) in [5.74, 6) is 0.624. The molecule has 0 fully saturated rings. The van der Waals surface area contributed by atoms with E-state index in [4.69, 9.17) is 0 Å². The number of benzene rings is 2. The Balaban J connectivity index is 2.12. The van der Waals surface area contributed by atoms with Gasteiger partial charge in [0.05, 0.1) is 0 Å². The molecule has 1 N–H and O–H groups in total. The lowest BCUT2D eigenvalue weighted by Crippen LogP contribution is -2.15. The van der Waals surface area contributed by atoms with Gasteiger partial charge in [-0.2, -0.15) is 0 Å². The van der Waals surface area contributed by atoms with Gasteiger partial charge in [0, 0.05) is 0 Å². The summed E-state index contributed by atoms with van der Waals surface area (Å²) < 4.78 is 0. The SMILES string of the molecule is CCNCCC(C)c1ccc2ccccc2c1. The van der Waals surface area contributed by atoms with Crippen molar-refractivity contribution < 1.29 is 0 Å². The summed E-state index contributed by atoms with van der Waals surface area (Å²) in [5, 5.41) is 6.06. The zero-order valence-corrected chi connectivity index (χ0v) is 10.7. The summed E-state index contributed by atoms with van der Waals surface area (Å²) in [6.45, 7) is 6.62. The zero-order chi connectivity index (χ0) is 12.1. The highest BCUT2D eigenvalue weighted by Gasteiger charge is 2.05. The van der Waals surface area contributed by atoms with Crippen molar-refractivity contribution in [2.45, 2.75) is 26.2 Å². The molecule has 1 unspecified atom stereocenters. The summed E-state index contributed by atoms with van der Waals surface area (Å²) in [6.07, 6.45) is 1.20. The lowest BCUT2D eigenvalue weighted by atomic mass is 9.95. The number of fused-ring (bicyclic) bond motifs is 1. The van der Waals surface area contributed by atoms with Crippen molar-refractivity contribution in [2.24, 2.45) is 0 Å². The number of rotatable bonds is 5. The lowest BCUT2D eigenvalue weighted by Gasteiger charge is -2.13. The Labute approximate surface area is 104 Å². The summed E-state index contributed by atoms with van der Waals surface area (Å²) in [5.41, 5.74) is 1.45. The Morgan fingerprint density at radius 3 is 2.59 bits per heavy atom. The molecule has 2 aromatic carbocycles. The molecule has 0 bridgehead atoms. The van der Waals surface area contributed by atoms with Crippen molar-refractivity contribution in [1.82, 2.24) is 5.32 Å².